The van der Waals surface area contributed by atoms with Crippen LogP contribution >= 0.6 is 0 Å². The smallest absolute Gasteiger partial charge is 0.274 e. The van der Waals surface area contributed by atoms with E-state index in [1.165, 1.54) is 13.4 Å². The van der Waals surface area contributed by atoms with Gasteiger partial charge in [0.25, 0.3) is 5.91 Å². The summed E-state index contributed by atoms with van der Waals surface area (Å²) < 4.78 is 10.4. The molecule has 0 radical (unpaired) electrons. The van der Waals surface area contributed by atoms with E-state index in [0.717, 1.165) is 12.1 Å². The average Bonchev–Trinajstić information content (AvgIpc) is 2.55. The number of hydrogen-bond acceptors (Lipinski definition) is 5. The summed E-state index contributed by atoms with van der Waals surface area (Å²) in [5.74, 6) is 0.864. The van der Waals surface area contributed by atoms with E-state index in [9.17, 15) is 4.79 Å². The number of benzene rings is 1. The van der Waals surface area contributed by atoms with Gasteiger partial charge >= 0.3 is 0 Å². The van der Waals surface area contributed by atoms with Gasteiger partial charge in [-0.3, -0.25) is 4.79 Å². The number of aromatic nitrogens is 2. The van der Waals surface area contributed by atoms with Crippen LogP contribution in [0.1, 0.15) is 23.1 Å². The minimum absolute atomic E-state index is 0.310. The van der Waals surface area contributed by atoms with E-state index >= 15 is 0 Å². The van der Waals surface area contributed by atoms with E-state index in [-0.39, 0.29) is 5.91 Å². The largest absolute Gasteiger partial charge is 0.497 e. The standard InChI is InChI=1S/C15H17N3O3/c1-4-10-7-13(17-9-16-10)15(19)18-12-6-5-11(20-2)8-14(12)21-3/h5-9H,4H2,1-3H3,(H,18,19). The number of hydrogen-bond donors (Lipinski definition) is 1. The highest BCUT2D eigenvalue weighted by Crippen LogP contribution is 2.29. The van der Waals surface area contributed by atoms with E-state index in [1.807, 2.05) is 6.92 Å². The second-order valence-corrected chi connectivity index (χ2v) is 4.27. The number of nitrogens with zero attached hydrogens (tertiary/aromatic N) is 2. The van der Waals surface area contributed by atoms with Crippen molar-refractivity contribution in [1.29, 1.82) is 0 Å². The molecule has 0 saturated carbocycles. The first kappa shape index (κ1) is 14.8. The summed E-state index contributed by atoms with van der Waals surface area (Å²) in [7, 11) is 3.10. The van der Waals surface area contributed by atoms with Gasteiger partial charge in [-0.2, -0.15) is 0 Å². The second-order valence-electron chi connectivity index (χ2n) is 4.27. The lowest BCUT2D eigenvalue weighted by Crippen LogP contribution is -2.15. The molecule has 0 aliphatic heterocycles. The highest BCUT2D eigenvalue weighted by Gasteiger charge is 2.12. The SMILES string of the molecule is CCc1cc(C(=O)Nc2ccc(OC)cc2OC)ncn1. The summed E-state index contributed by atoms with van der Waals surface area (Å²) in [5, 5.41) is 2.77. The van der Waals surface area contributed by atoms with E-state index in [0.29, 0.717) is 22.9 Å². The van der Waals surface area contributed by atoms with Crippen LogP contribution in [0.25, 0.3) is 0 Å². The number of amides is 1. The topological polar surface area (TPSA) is 73.3 Å². The average molecular weight is 287 g/mol. The van der Waals surface area contributed by atoms with Crippen LogP contribution in [-0.2, 0) is 6.42 Å². The number of aryl methyl sites for hydroxylation is 1. The molecular weight excluding hydrogens is 270 g/mol. The molecular formula is C15H17N3O3. The van der Waals surface area contributed by atoms with Gasteiger partial charge in [-0.15, -0.1) is 0 Å². The van der Waals surface area contributed by atoms with Gasteiger partial charge in [0, 0.05) is 11.8 Å². The molecule has 6 heteroatoms. The first-order chi connectivity index (χ1) is 10.2. The Hall–Kier alpha value is -2.63. The maximum atomic E-state index is 12.2. The molecule has 6 nitrogen and oxygen atoms in total. The summed E-state index contributed by atoms with van der Waals surface area (Å²) >= 11 is 0. The molecule has 21 heavy (non-hydrogen) atoms. The summed E-state index contributed by atoms with van der Waals surface area (Å²) in [4.78, 5) is 20.3. The molecule has 2 rings (SSSR count). The minimum atomic E-state index is -0.310. The van der Waals surface area contributed by atoms with Crippen molar-refractivity contribution in [2.24, 2.45) is 0 Å². The fourth-order valence-electron chi connectivity index (χ4n) is 1.80. The number of ether oxygens (including phenoxy) is 2. The Labute approximate surface area is 123 Å². The van der Waals surface area contributed by atoms with Crippen LogP contribution in [0.15, 0.2) is 30.6 Å². The molecule has 0 saturated heterocycles. The lowest BCUT2D eigenvalue weighted by Gasteiger charge is -2.11. The maximum Gasteiger partial charge on any atom is 0.274 e. The number of carbonyl (C=O) groups is 1. The maximum absolute atomic E-state index is 12.2. The third-order valence-electron chi connectivity index (χ3n) is 2.98. The van der Waals surface area contributed by atoms with Gasteiger partial charge in [-0.25, -0.2) is 9.97 Å². The van der Waals surface area contributed by atoms with Crippen LogP contribution in [0.2, 0.25) is 0 Å². The van der Waals surface area contributed by atoms with Gasteiger partial charge in [0.2, 0.25) is 0 Å². The Kier molecular flexibility index (Phi) is 4.71. The first-order valence-electron chi connectivity index (χ1n) is 6.52. The Balaban J connectivity index is 2.22. The number of carbonyl (C=O) groups excluding carboxylic acids is 1. The van der Waals surface area contributed by atoms with Crippen molar-refractivity contribution in [2.45, 2.75) is 13.3 Å². The van der Waals surface area contributed by atoms with E-state index in [4.69, 9.17) is 9.47 Å². The van der Waals surface area contributed by atoms with Crippen molar-refractivity contribution in [3.63, 3.8) is 0 Å². The second kappa shape index (κ2) is 6.69. The van der Waals surface area contributed by atoms with Crippen LogP contribution in [0.3, 0.4) is 0 Å². The van der Waals surface area contributed by atoms with Crippen LogP contribution in [-0.4, -0.2) is 30.1 Å². The Morgan fingerprint density at radius 3 is 2.67 bits per heavy atom. The monoisotopic (exact) mass is 287 g/mol. The van der Waals surface area contributed by atoms with Crippen LogP contribution < -0.4 is 14.8 Å². The van der Waals surface area contributed by atoms with Crippen molar-refractivity contribution in [1.82, 2.24) is 9.97 Å². The highest BCUT2D eigenvalue weighted by molar-refractivity contribution is 6.03. The summed E-state index contributed by atoms with van der Waals surface area (Å²) in [6.45, 7) is 1.97. The third kappa shape index (κ3) is 3.47. The Morgan fingerprint density at radius 1 is 1.19 bits per heavy atom. The zero-order chi connectivity index (χ0) is 15.2. The van der Waals surface area contributed by atoms with Crippen molar-refractivity contribution in [3.8, 4) is 11.5 Å². The van der Waals surface area contributed by atoms with Gasteiger partial charge < -0.3 is 14.8 Å². The lowest BCUT2D eigenvalue weighted by molar-refractivity contribution is 0.102. The predicted molar refractivity (Wildman–Crippen MR) is 78.9 cm³/mol. The normalized spacial score (nSPS) is 10.0. The third-order valence-corrected chi connectivity index (χ3v) is 2.98. The summed E-state index contributed by atoms with van der Waals surface area (Å²) in [5.41, 5.74) is 1.69. The van der Waals surface area contributed by atoms with E-state index in [2.05, 4.69) is 15.3 Å². The van der Waals surface area contributed by atoms with Gasteiger partial charge in [0.05, 0.1) is 19.9 Å². The van der Waals surface area contributed by atoms with Crippen molar-refractivity contribution < 1.29 is 14.3 Å². The molecule has 1 heterocycles. The molecule has 0 atom stereocenters. The Bertz CT molecular complexity index is 644. The highest BCUT2D eigenvalue weighted by atomic mass is 16.5. The minimum Gasteiger partial charge on any atom is -0.497 e. The van der Waals surface area contributed by atoms with Gasteiger partial charge in [0.15, 0.2) is 0 Å². The molecule has 0 unspecified atom stereocenters. The van der Waals surface area contributed by atoms with Crippen LogP contribution in [0, 0.1) is 0 Å². The molecule has 0 fully saturated rings. The fraction of sp³-hybridized carbons (Fsp3) is 0.267. The Morgan fingerprint density at radius 2 is 2.00 bits per heavy atom. The predicted octanol–water partition coefficient (Wildman–Crippen LogP) is 2.31. The molecule has 1 aromatic carbocycles. The summed E-state index contributed by atoms with van der Waals surface area (Å²) in [6.07, 6.45) is 2.13. The van der Waals surface area contributed by atoms with Gasteiger partial charge in [-0.05, 0) is 24.6 Å². The van der Waals surface area contributed by atoms with Gasteiger partial charge in [-0.1, -0.05) is 6.92 Å². The first-order valence-corrected chi connectivity index (χ1v) is 6.52. The molecule has 1 aromatic heterocycles. The van der Waals surface area contributed by atoms with E-state index in [1.54, 1.807) is 31.4 Å². The van der Waals surface area contributed by atoms with Crippen molar-refractivity contribution >= 4 is 11.6 Å². The molecule has 0 aliphatic rings. The quantitative estimate of drug-likeness (QED) is 0.913. The number of nitrogens with one attached hydrogen (secondary N) is 1. The number of methoxy groups -OCH3 is 2. The van der Waals surface area contributed by atoms with Gasteiger partial charge in [0.1, 0.15) is 23.5 Å². The van der Waals surface area contributed by atoms with Crippen LogP contribution in [0.4, 0.5) is 5.69 Å². The van der Waals surface area contributed by atoms with Crippen molar-refractivity contribution in [2.75, 3.05) is 19.5 Å². The molecule has 110 valence electrons. The molecule has 0 aliphatic carbocycles. The number of anilines is 1. The molecule has 2 aromatic rings. The zero-order valence-corrected chi connectivity index (χ0v) is 12.2. The molecule has 0 bridgehead atoms. The zero-order valence-electron chi connectivity index (χ0n) is 12.2. The van der Waals surface area contributed by atoms with Crippen LogP contribution in [0.5, 0.6) is 11.5 Å². The number of rotatable bonds is 5. The molecule has 1 amide bonds. The van der Waals surface area contributed by atoms with Crippen molar-refractivity contribution in [3.05, 3.63) is 42.0 Å². The van der Waals surface area contributed by atoms with E-state index < -0.39 is 0 Å². The molecule has 0 spiro atoms. The summed E-state index contributed by atoms with van der Waals surface area (Å²) in [6, 6.07) is 6.84. The fourth-order valence-corrected chi connectivity index (χ4v) is 1.80. The lowest BCUT2D eigenvalue weighted by atomic mass is 10.2. The molecule has 1 N–H and O–H groups in total.